The van der Waals surface area contributed by atoms with Crippen LogP contribution in [0.2, 0.25) is 6.55 Å². The second-order valence-corrected chi connectivity index (χ2v) is 9.40. The Hall–Kier alpha value is 0.427. The van der Waals surface area contributed by atoms with E-state index in [1.165, 1.54) is 0 Å². The van der Waals surface area contributed by atoms with Crippen molar-refractivity contribution in [3.8, 4) is 0 Å². The van der Waals surface area contributed by atoms with Crippen LogP contribution in [0.3, 0.4) is 0 Å². The van der Waals surface area contributed by atoms with E-state index in [1.807, 2.05) is 34.2 Å². The van der Waals surface area contributed by atoms with E-state index in [-0.39, 0.29) is 11.2 Å². The SMILES string of the molecule is CCC(C)(C)O[Si](C)(Cl)OC(C)(C)CC. The zero-order valence-corrected chi connectivity index (χ0v) is 12.9. The Morgan fingerprint density at radius 2 is 1.20 bits per heavy atom. The fourth-order valence-corrected chi connectivity index (χ4v) is 4.71. The fourth-order valence-electron chi connectivity index (χ4n) is 1.15. The van der Waals surface area contributed by atoms with Gasteiger partial charge >= 0.3 is 7.87 Å². The van der Waals surface area contributed by atoms with Crippen molar-refractivity contribution in [3.05, 3.63) is 0 Å². The van der Waals surface area contributed by atoms with Gasteiger partial charge < -0.3 is 8.85 Å². The van der Waals surface area contributed by atoms with Gasteiger partial charge in [0.25, 0.3) is 0 Å². The molecule has 0 aromatic heterocycles. The standard InChI is InChI=1S/C11H25ClO2Si/c1-8-10(3,4)13-15(7,12)14-11(5,6)9-2/h8-9H2,1-7H3. The number of rotatable bonds is 6. The van der Waals surface area contributed by atoms with Crippen molar-refractivity contribution in [1.29, 1.82) is 0 Å². The molecule has 0 N–H and O–H groups in total. The molecule has 0 atom stereocenters. The molecule has 0 saturated carbocycles. The molecule has 0 aromatic rings. The Kier molecular flexibility index (Phi) is 5.32. The summed E-state index contributed by atoms with van der Waals surface area (Å²) >= 11 is 6.36. The predicted molar refractivity (Wildman–Crippen MR) is 68.4 cm³/mol. The molecule has 0 radical (unpaired) electrons. The Morgan fingerprint density at radius 1 is 0.933 bits per heavy atom. The summed E-state index contributed by atoms with van der Waals surface area (Å²) in [5, 5.41) is 0. The molecule has 0 aliphatic heterocycles. The molecule has 0 fully saturated rings. The van der Waals surface area contributed by atoms with Crippen molar-refractivity contribution in [2.45, 2.75) is 72.1 Å². The average molecular weight is 253 g/mol. The molecule has 0 amide bonds. The Bertz CT molecular complexity index is 183. The van der Waals surface area contributed by atoms with E-state index in [2.05, 4.69) is 13.8 Å². The Morgan fingerprint density at radius 3 is 1.40 bits per heavy atom. The lowest BCUT2D eigenvalue weighted by Crippen LogP contribution is -2.46. The first-order chi connectivity index (χ1) is 6.54. The minimum Gasteiger partial charge on any atom is -0.378 e. The van der Waals surface area contributed by atoms with Crippen LogP contribution in [0.25, 0.3) is 0 Å². The summed E-state index contributed by atoms with van der Waals surface area (Å²) in [5.41, 5.74) is -0.404. The van der Waals surface area contributed by atoms with Gasteiger partial charge in [0.15, 0.2) is 0 Å². The van der Waals surface area contributed by atoms with Gasteiger partial charge in [0.2, 0.25) is 0 Å². The summed E-state index contributed by atoms with van der Waals surface area (Å²) < 4.78 is 11.8. The molecule has 0 aliphatic rings. The van der Waals surface area contributed by atoms with Crippen LogP contribution < -0.4 is 0 Å². The summed E-state index contributed by atoms with van der Waals surface area (Å²) in [6, 6.07) is 0. The van der Waals surface area contributed by atoms with Gasteiger partial charge in [0, 0.05) is 0 Å². The van der Waals surface area contributed by atoms with Gasteiger partial charge in [-0.2, -0.15) is 0 Å². The third-order valence-corrected chi connectivity index (χ3v) is 4.92. The summed E-state index contributed by atoms with van der Waals surface area (Å²) in [6.45, 7) is 14.2. The zero-order chi connectivity index (χ0) is 12.3. The van der Waals surface area contributed by atoms with E-state index in [0.717, 1.165) is 12.8 Å². The van der Waals surface area contributed by atoms with E-state index < -0.39 is 7.87 Å². The lowest BCUT2D eigenvalue weighted by Gasteiger charge is -2.37. The second-order valence-electron chi connectivity index (χ2n) is 5.27. The summed E-state index contributed by atoms with van der Waals surface area (Å²) in [4.78, 5) is 0. The van der Waals surface area contributed by atoms with Gasteiger partial charge in [-0.05, 0) is 47.1 Å². The first-order valence-corrected chi connectivity index (χ1v) is 8.96. The van der Waals surface area contributed by atoms with Gasteiger partial charge in [0.05, 0.1) is 11.2 Å². The lowest BCUT2D eigenvalue weighted by molar-refractivity contribution is 0.00994. The van der Waals surface area contributed by atoms with Crippen LogP contribution in [-0.4, -0.2) is 19.1 Å². The number of halogens is 1. The second kappa shape index (κ2) is 5.17. The number of hydrogen-bond acceptors (Lipinski definition) is 2. The van der Waals surface area contributed by atoms with E-state index in [4.69, 9.17) is 19.9 Å². The fraction of sp³-hybridized carbons (Fsp3) is 1.00. The smallest absolute Gasteiger partial charge is 0.378 e. The molecule has 0 bridgehead atoms. The van der Waals surface area contributed by atoms with Crippen molar-refractivity contribution in [1.82, 2.24) is 0 Å². The van der Waals surface area contributed by atoms with Gasteiger partial charge in [0.1, 0.15) is 0 Å². The molecule has 0 saturated heterocycles. The van der Waals surface area contributed by atoms with E-state index in [9.17, 15) is 0 Å². The van der Waals surface area contributed by atoms with Gasteiger partial charge in [-0.3, -0.25) is 0 Å². The average Bonchev–Trinajstić information content (AvgIpc) is 2.00. The first-order valence-electron chi connectivity index (χ1n) is 5.63. The van der Waals surface area contributed by atoms with Crippen LogP contribution in [-0.2, 0) is 8.85 Å². The monoisotopic (exact) mass is 252 g/mol. The molecule has 92 valence electrons. The molecular formula is C11H25ClO2Si. The maximum Gasteiger partial charge on any atom is 0.440 e. The van der Waals surface area contributed by atoms with Crippen LogP contribution >= 0.6 is 11.1 Å². The number of hydrogen-bond donors (Lipinski definition) is 0. The molecule has 4 heteroatoms. The highest BCUT2D eigenvalue weighted by Crippen LogP contribution is 2.29. The maximum absolute atomic E-state index is 6.36. The van der Waals surface area contributed by atoms with Crippen molar-refractivity contribution in [2.75, 3.05) is 0 Å². The summed E-state index contributed by atoms with van der Waals surface area (Å²) in [5.74, 6) is 0. The topological polar surface area (TPSA) is 18.5 Å². The highest BCUT2D eigenvalue weighted by Gasteiger charge is 2.39. The zero-order valence-electron chi connectivity index (χ0n) is 11.1. The van der Waals surface area contributed by atoms with E-state index in [0.29, 0.717) is 0 Å². The predicted octanol–water partition coefficient (Wildman–Crippen LogP) is 4.20. The molecule has 0 aliphatic carbocycles. The third kappa shape index (κ3) is 6.56. The van der Waals surface area contributed by atoms with Crippen molar-refractivity contribution in [3.63, 3.8) is 0 Å². The van der Waals surface area contributed by atoms with Crippen LogP contribution in [0.15, 0.2) is 0 Å². The quantitative estimate of drug-likeness (QED) is 0.521. The Balaban J connectivity index is 4.43. The lowest BCUT2D eigenvalue weighted by atomic mass is 10.1. The van der Waals surface area contributed by atoms with Gasteiger partial charge in [-0.15, -0.1) is 0 Å². The highest BCUT2D eigenvalue weighted by molar-refractivity contribution is 7.12. The minimum absolute atomic E-state index is 0.202. The molecule has 0 spiro atoms. The van der Waals surface area contributed by atoms with Gasteiger partial charge in [-0.1, -0.05) is 24.9 Å². The summed E-state index contributed by atoms with van der Waals surface area (Å²) in [6.07, 6.45) is 1.86. The van der Waals surface area contributed by atoms with Crippen LogP contribution in [0.5, 0.6) is 0 Å². The molecule has 0 rings (SSSR count). The Labute approximate surface area is 100 Å². The molecule has 2 nitrogen and oxygen atoms in total. The van der Waals surface area contributed by atoms with Crippen molar-refractivity contribution >= 4 is 18.9 Å². The molecule has 0 unspecified atom stereocenters. The van der Waals surface area contributed by atoms with E-state index >= 15 is 0 Å². The first kappa shape index (κ1) is 15.4. The van der Waals surface area contributed by atoms with Crippen molar-refractivity contribution in [2.24, 2.45) is 0 Å². The minimum atomic E-state index is -2.54. The summed E-state index contributed by atoms with van der Waals surface area (Å²) in [7, 11) is -2.54. The van der Waals surface area contributed by atoms with Crippen LogP contribution in [0, 0.1) is 0 Å². The third-order valence-electron chi connectivity index (χ3n) is 2.62. The van der Waals surface area contributed by atoms with Crippen LogP contribution in [0.4, 0.5) is 0 Å². The molecule has 15 heavy (non-hydrogen) atoms. The normalized spacial score (nSPS) is 14.4. The molecular weight excluding hydrogens is 228 g/mol. The van der Waals surface area contributed by atoms with Crippen LogP contribution in [0.1, 0.15) is 54.4 Å². The largest absolute Gasteiger partial charge is 0.440 e. The maximum atomic E-state index is 6.36. The molecule has 0 heterocycles. The highest BCUT2D eigenvalue weighted by atomic mass is 35.6. The van der Waals surface area contributed by atoms with Gasteiger partial charge in [-0.25, -0.2) is 0 Å². The van der Waals surface area contributed by atoms with E-state index in [1.54, 1.807) is 0 Å². The molecule has 0 aromatic carbocycles. The van der Waals surface area contributed by atoms with Crippen molar-refractivity contribution < 1.29 is 8.85 Å².